The number of hydrogen-bond acceptors (Lipinski definition) is 5. The van der Waals surface area contributed by atoms with Crippen LogP contribution in [0, 0.1) is 0 Å². The molecule has 0 fully saturated rings. The van der Waals surface area contributed by atoms with Gasteiger partial charge in [0, 0.05) is 10.4 Å². The van der Waals surface area contributed by atoms with Crippen LogP contribution in [0.4, 0.5) is 0 Å². The lowest BCUT2D eigenvalue weighted by molar-refractivity contribution is 0.0965. The van der Waals surface area contributed by atoms with Crippen LogP contribution in [0.2, 0.25) is 0 Å². The third kappa shape index (κ3) is 3.05. The van der Waals surface area contributed by atoms with Gasteiger partial charge in [-0.2, -0.15) is 4.80 Å². The SMILES string of the molecule is CCc1ccc(C(=O)Cn2nnc(-c3ccccc3)n2)s1. The summed E-state index contributed by atoms with van der Waals surface area (Å²) in [5.41, 5.74) is 0.889. The number of carbonyl (C=O) groups is 1. The Balaban J connectivity index is 1.74. The molecule has 0 bridgehead atoms. The average Bonchev–Trinajstić information content (AvgIpc) is 3.17. The first-order chi connectivity index (χ1) is 10.3. The normalized spacial score (nSPS) is 10.7. The average molecular weight is 298 g/mol. The Labute approximate surface area is 126 Å². The van der Waals surface area contributed by atoms with E-state index in [0.29, 0.717) is 5.82 Å². The van der Waals surface area contributed by atoms with E-state index in [2.05, 4.69) is 22.3 Å². The molecule has 0 aliphatic heterocycles. The minimum Gasteiger partial charge on any atom is -0.291 e. The van der Waals surface area contributed by atoms with Crippen LogP contribution in [0.1, 0.15) is 21.5 Å². The van der Waals surface area contributed by atoms with Crippen molar-refractivity contribution in [2.24, 2.45) is 0 Å². The molecule has 3 rings (SSSR count). The zero-order chi connectivity index (χ0) is 14.7. The lowest BCUT2D eigenvalue weighted by Gasteiger charge is -1.96. The molecule has 0 aliphatic carbocycles. The molecule has 1 aromatic carbocycles. The maximum Gasteiger partial charge on any atom is 0.204 e. The van der Waals surface area contributed by atoms with E-state index < -0.39 is 0 Å². The number of hydrogen-bond donors (Lipinski definition) is 0. The molecular weight excluding hydrogens is 284 g/mol. The van der Waals surface area contributed by atoms with E-state index in [4.69, 9.17) is 0 Å². The highest BCUT2D eigenvalue weighted by Crippen LogP contribution is 2.18. The Morgan fingerprint density at radius 1 is 1.19 bits per heavy atom. The molecule has 3 aromatic rings. The zero-order valence-electron chi connectivity index (χ0n) is 11.6. The molecular formula is C15H14N4OS. The summed E-state index contributed by atoms with van der Waals surface area (Å²) in [6, 6.07) is 13.4. The number of ketones is 1. The van der Waals surface area contributed by atoms with Crippen molar-refractivity contribution in [1.29, 1.82) is 0 Å². The largest absolute Gasteiger partial charge is 0.291 e. The van der Waals surface area contributed by atoms with Crippen molar-refractivity contribution in [2.45, 2.75) is 19.9 Å². The summed E-state index contributed by atoms with van der Waals surface area (Å²) < 4.78 is 0. The van der Waals surface area contributed by atoms with E-state index in [1.54, 1.807) is 0 Å². The Bertz CT molecular complexity index is 748. The third-order valence-corrected chi connectivity index (χ3v) is 4.33. The molecule has 0 radical (unpaired) electrons. The molecule has 0 unspecified atom stereocenters. The van der Waals surface area contributed by atoms with Gasteiger partial charge in [-0.3, -0.25) is 4.79 Å². The van der Waals surface area contributed by atoms with E-state index in [-0.39, 0.29) is 12.3 Å². The van der Waals surface area contributed by atoms with Crippen LogP contribution in [-0.4, -0.2) is 26.0 Å². The van der Waals surface area contributed by atoms with Crippen LogP contribution in [0.5, 0.6) is 0 Å². The van der Waals surface area contributed by atoms with Crippen LogP contribution in [0.3, 0.4) is 0 Å². The molecule has 0 amide bonds. The van der Waals surface area contributed by atoms with Gasteiger partial charge in [-0.1, -0.05) is 37.3 Å². The first-order valence-corrected chi connectivity index (χ1v) is 7.53. The van der Waals surface area contributed by atoms with Crippen LogP contribution >= 0.6 is 11.3 Å². The van der Waals surface area contributed by atoms with Crippen LogP contribution in [-0.2, 0) is 13.0 Å². The number of rotatable bonds is 5. The number of Topliss-reactive ketones (excluding diaryl/α,β-unsaturated/α-hetero) is 1. The van der Waals surface area contributed by atoms with Crippen LogP contribution < -0.4 is 0 Å². The van der Waals surface area contributed by atoms with Gasteiger partial charge in [-0.05, 0) is 23.8 Å². The van der Waals surface area contributed by atoms with Gasteiger partial charge in [0.15, 0.2) is 5.78 Å². The third-order valence-electron chi connectivity index (χ3n) is 3.05. The molecule has 106 valence electrons. The molecule has 0 saturated heterocycles. The number of aryl methyl sites for hydroxylation is 1. The molecule has 2 aromatic heterocycles. The van der Waals surface area contributed by atoms with Gasteiger partial charge in [-0.25, -0.2) is 0 Å². The van der Waals surface area contributed by atoms with E-state index in [0.717, 1.165) is 16.9 Å². The second-order valence-corrected chi connectivity index (χ2v) is 5.72. The van der Waals surface area contributed by atoms with Gasteiger partial charge >= 0.3 is 0 Å². The molecule has 0 saturated carbocycles. The standard InChI is InChI=1S/C15H14N4OS/c1-2-12-8-9-14(21-12)13(20)10-19-17-15(16-18-19)11-6-4-3-5-7-11/h3-9H,2,10H2,1H3. The predicted molar refractivity (Wildman–Crippen MR) is 81.3 cm³/mol. The van der Waals surface area contributed by atoms with E-state index in [1.807, 2.05) is 42.5 Å². The van der Waals surface area contributed by atoms with E-state index in [9.17, 15) is 4.79 Å². The second-order valence-electron chi connectivity index (χ2n) is 4.55. The minimum absolute atomic E-state index is 0.0108. The minimum atomic E-state index is 0.0108. The Hall–Kier alpha value is -2.34. The zero-order valence-corrected chi connectivity index (χ0v) is 12.4. The molecule has 6 heteroatoms. The summed E-state index contributed by atoms with van der Waals surface area (Å²) in [5.74, 6) is 0.542. The van der Waals surface area contributed by atoms with Gasteiger partial charge in [-0.15, -0.1) is 21.5 Å². The fourth-order valence-electron chi connectivity index (χ4n) is 1.94. The van der Waals surface area contributed by atoms with Crippen molar-refractivity contribution in [1.82, 2.24) is 20.2 Å². The Morgan fingerprint density at radius 3 is 2.71 bits per heavy atom. The summed E-state index contributed by atoms with van der Waals surface area (Å²) in [6.45, 7) is 2.19. The molecule has 5 nitrogen and oxygen atoms in total. The van der Waals surface area contributed by atoms with Gasteiger partial charge in [0.05, 0.1) is 4.88 Å². The molecule has 21 heavy (non-hydrogen) atoms. The predicted octanol–water partition coefficient (Wildman–Crippen LogP) is 2.85. The van der Waals surface area contributed by atoms with Crippen molar-refractivity contribution in [2.75, 3.05) is 0 Å². The van der Waals surface area contributed by atoms with E-state index in [1.165, 1.54) is 21.0 Å². The number of aromatic nitrogens is 4. The molecule has 0 N–H and O–H groups in total. The lowest BCUT2D eigenvalue weighted by atomic mass is 10.2. The van der Waals surface area contributed by atoms with Crippen molar-refractivity contribution in [3.8, 4) is 11.4 Å². The first kappa shape index (κ1) is 13.6. The lowest BCUT2D eigenvalue weighted by Crippen LogP contribution is -2.12. The quantitative estimate of drug-likeness (QED) is 0.680. The van der Waals surface area contributed by atoms with Gasteiger partial charge in [0.2, 0.25) is 5.82 Å². The smallest absolute Gasteiger partial charge is 0.204 e. The summed E-state index contributed by atoms with van der Waals surface area (Å²) in [5, 5.41) is 12.2. The van der Waals surface area contributed by atoms with Crippen molar-refractivity contribution in [3.05, 3.63) is 52.2 Å². The monoisotopic (exact) mass is 298 g/mol. The highest BCUT2D eigenvalue weighted by molar-refractivity contribution is 7.14. The van der Waals surface area contributed by atoms with Crippen molar-refractivity contribution in [3.63, 3.8) is 0 Å². The Morgan fingerprint density at radius 2 is 2.00 bits per heavy atom. The van der Waals surface area contributed by atoms with E-state index >= 15 is 0 Å². The maximum atomic E-state index is 12.2. The second kappa shape index (κ2) is 5.97. The van der Waals surface area contributed by atoms with Gasteiger partial charge in [0.1, 0.15) is 6.54 Å². The summed E-state index contributed by atoms with van der Waals surface area (Å²) in [7, 11) is 0. The van der Waals surface area contributed by atoms with Crippen LogP contribution in [0.15, 0.2) is 42.5 Å². The fraction of sp³-hybridized carbons (Fsp3) is 0.200. The molecule has 0 aliphatic rings. The van der Waals surface area contributed by atoms with Crippen molar-refractivity contribution < 1.29 is 4.79 Å². The summed E-state index contributed by atoms with van der Waals surface area (Å²) in [6.07, 6.45) is 0.942. The number of carbonyl (C=O) groups excluding carboxylic acids is 1. The highest BCUT2D eigenvalue weighted by Gasteiger charge is 2.12. The highest BCUT2D eigenvalue weighted by atomic mass is 32.1. The molecule has 0 spiro atoms. The number of benzene rings is 1. The topological polar surface area (TPSA) is 60.7 Å². The fourth-order valence-corrected chi connectivity index (χ4v) is 2.81. The van der Waals surface area contributed by atoms with Crippen molar-refractivity contribution >= 4 is 17.1 Å². The molecule has 2 heterocycles. The Kier molecular flexibility index (Phi) is 3.87. The number of tetrazole rings is 1. The van der Waals surface area contributed by atoms with Gasteiger partial charge in [0.25, 0.3) is 0 Å². The summed E-state index contributed by atoms with van der Waals surface area (Å²) >= 11 is 1.52. The molecule has 0 atom stereocenters. The van der Waals surface area contributed by atoms with Gasteiger partial charge < -0.3 is 0 Å². The summed E-state index contributed by atoms with van der Waals surface area (Å²) in [4.78, 5) is 15.5. The maximum absolute atomic E-state index is 12.2. The first-order valence-electron chi connectivity index (χ1n) is 6.71. The number of thiophene rings is 1. The number of nitrogens with zero attached hydrogens (tertiary/aromatic N) is 4. The van der Waals surface area contributed by atoms with Crippen LogP contribution in [0.25, 0.3) is 11.4 Å².